The lowest BCUT2D eigenvalue weighted by Crippen LogP contribution is -1.91. The van der Waals surface area contributed by atoms with Crippen LogP contribution in [-0.2, 0) is 0 Å². The van der Waals surface area contributed by atoms with Crippen LogP contribution in [0.25, 0.3) is 6.08 Å². The van der Waals surface area contributed by atoms with E-state index < -0.39 is 11.9 Å². The van der Waals surface area contributed by atoms with Gasteiger partial charge in [0.25, 0.3) is 0 Å². The Bertz CT molecular complexity index is 321. The molecule has 0 aliphatic rings. The highest BCUT2D eigenvalue weighted by atomic mass is 35.5. The van der Waals surface area contributed by atoms with E-state index in [1.807, 2.05) is 0 Å². The van der Waals surface area contributed by atoms with Gasteiger partial charge >= 0.3 is 0 Å². The summed E-state index contributed by atoms with van der Waals surface area (Å²) >= 11 is 5.56. The summed E-state index contributed by atoms with van der Waals surface area (Å²) in [5.74, 6) is -0.434. The molecule has 0 aromatic heterocycles. The van der Waals surface area contributed by atoms with Gasteiger partial charge in [-0.2, -0.15) is 0 Å². The minimum absolute atomic E-state index is 0.0905. The molecule has 0 amide bonds. The zero-order chi connectivity index (χ0) is 9.84. The van der Waals surface area contributed by atoms with Gasteiger partial charge in [0.15, 0.2) is 0 Å². The minimum atomic E-state index is -0.510. The number of halogens is 2. The van der Waals surface area contributed by atoms with E-state index in [1.54, 1.807) is 25.1 Å². The zero-order valence-corrected chi connectivity index (χ0v) is 7.92. The maximum absolute atomic E-state index is 12.7. The van der Waals surface area contributed by atoms with E-state index in [1.165, 1.54) is 12.1 Å². The summed E-state index contributed by atoms with van der Waals surface area (Å²) in [6.45, 7) is 1.64. The first kappa shape index (κ1) is 10.2. The molecule has 1 unspecified atom stereocenters. The third-order valence-corrected chi connectivity index (χ3v) is 1.80. The molecule has 1 rings (SSSR count). The van der Waals surface area contributed by atoms with E-state index in [0.29, 0.717) is 0 Å². The second kappa shape index (κ2) is 4.40. The third-order valence-electron chi connectivity index (χ3n) is 1.51. The summed E-state index contributed by atoms with van der Waals surface area (Å²) in [6, 6.07) is 4.40. The van der Waals surface area contributed by atoms with Crippen LogP contribution in [0.4, 0.5) is 4.39 Å². The van der Waals surface area contributed by atoms with Gasteiger partial charge in [0.2, 0.25) is 0 Å². The van der Waals surface area contributed by atoms with Crippen molar-refractivity contribution in [3.05, 3.63) is 40.7 Å². The number of hydrogen-bond acceptors (Lipinski definition) is 1. The van der Waals surface area contributed by atoms with Crippen molar-refractivity contribution in [1.82, 2.24) is 0 Å². The van der Waals surface area contributed by atoms with E-state index in [-0.39, 0.29) is 5.02 Å². The first-order chi connectivity index (χ1) is 6.09. The Hall–Kier alpha value is -0.860. The standard InChI is InChI=1S/C10H10ClFO/c1-7(13)2-3-8-4-5-10(12)9(11)6-8/h2-7,13H,1H3/b3-2+. The molecule has 13 heavy (non-hydrogen) atoms. The SMILES string of the molecule is CC(O)/C=C/c1ccc(F)c(Cl)c1. The van der Waals surface area contributed by atoms with Crippen LogP contribution < -0.4 is 0 Å². The van der Waals surface area contributed by atoms with E-state index >= 15 is 0 Å². The van der Waals surface area contributed by atoms with Crippen molar-refractivity contribution in [2.75, 3.05) is 0 Å². The maximum atomic E-state index is 12.7. The van der Waals surface area contributed by atoms with Gasteiger partial charge in [0.1, 0.15) is 5.82 Å². The second-order valence-corrected chi connectivity index (χ2v) is 3.18. The fraction of sp³-hybridized carbons (Fsp3) is 0.200. The first-order valence-corrected chi connectivity index (χ1v) is 4.28. The Kier molecular flexibility index (Phi) is 3.46. The van der Waals surface area contributed by atoms with E-state index in [9.17, 15) is 4.39 Å². The number of aliphatic hydroxyl groups is 1. The summed E-state index contributed by atoms with van der Waals surface area (Å²) in [6.07, 6.45) is 2.78. The first-order valence-electron chi connectivity index (χ1n) is 3.91. The van der Waals surface area contributed by atoms with Crippen LogP contribution in [0.15, 0.2) is 24.3 Å². The molecule has 0 saturated heterocycles. The quantitative estimate of drug-likeness (QED) is 0.779. The van der Waals surface area contributed by atoms with Crippen molar-refractivity contribution in [2.45, 2.75) is 13.0 Å². The topological polar surface area (TPSA) is 20.2 Å². The van der Waals surface area contributed by atoms with Crippen LogP contribution >= 0.6 is 11.6 Å². The number of aliphatic hydroxyl groups excluding tert-OH is 1. The summed E-state index contributed by atoms with van der Waals surface area (Å²) in [7, 11) is 0. The van der Waals surface area contributed by atoms with Crippen LogP contribution in [0.5, 0.6) is 0 Å². The third kappa shape index (κ3) is 3.17. The summed E-state index contributed by atoms with van der Waals surface area (Å²) in [4.78, 5) is 0. The fourth-order valence-electron chi connectivity index (χ4n) is 0.866. The molecule has 0 heterocycles. The van der Waals surface area contributed by atoms with E-state index in [4.69, 9.17) is 16.7 Å². The lowest BCUT2D eigenvalue weighted by Gasteiger charge is -1.97. The Labute approximate surface area is 81.5 Å². The molecular formula is C10H10ClFO. The molecule has 1 nitrogen and oxygen atoms in total. The molecule has 1 atom stereocenters. The highest BCUT2D eigenvalue weighted by molar-refractivity contribution is 6.30. The molecule has 1 aromatic carbocycles. The minimum Gasteiger partial charge on any atom is -0.389 e. The van der Waals surface area contributed by atoms with Crippen LogP contribution in [0.2, 0.25) is 5.02 Å². The van der Waals surface area contributed by atoms with E-state index in [0.717, 1.165) is 5.56 Å². The van der Waals surface area contributed by atoms with Crippen molar-refractivity contribution >= 4 is 17.7 Å². The molecule has 0 aliphatic carbocycles. The van der Waals surface area contributed by atoms with Crippen molar-refractivity contribution < 1.29 is 9.50 Å². The molecule has 0 radical (unpaired) electrons. The van der Waals surface area contributed by atoms with Gasteiger partial charge in [-0.1, -0.05) is 29.8 Å². The van der Waals surface area contributed by atoms with Gasteiger partial charge in [0.05, 0.1) is 11.1 Å². The molecule has 0 spiro atoms. The van der Waals surface area contributed by atoms with Gasteiger partial charge in [-0.15, -0.1) is 0 Å². The van der Waals surface area contributed by atoms with Gasteiger partial charge < -0.3 is 5.11 Å². The predicted octanol–water partition coefficient (Wildman–Crippen LogP) is 2.87. The lowest BCUT2D eigenvalue weighted by molar-refractivity contribution is 0.245. The summed E-state index contributed by atoms with van der Waals surface area (Å²) in [5.41, 5.74) is 0.771. The van der Waals surface area contributed by atoms with Gasteiger partial charge in [-0.3, -0.25) is 0 Å². The van der Waals surface area contributed by atoms with Crippen molar-refractivity contribution in [3.8, 4) is 0 Å². The Morgan fingerprint density at radius 2 is 2.23 bits per heavy atom. The fourth-order valence-corrected chi connectivity index (χ4v) is 1.06. The van der Waals surface area contributed by atoms with Crippen molar-refractivity contribution in [2.24, 2.45) is 0 Å². The molecule has 1 aromatic rings. The Morgan fingerprint density at radius 3 is 2.77 bits per heavy atom. The molecule has 1 N–H and O–H groups in total. The Morgan fingerprint density at radius 1 is 1.54 bits per heavy atom. The van der Waals surface area contributed by atoms with Gasteiger partial charge in [-0.05, 0) is 24.6 Å². The van der Waals surface area contributed by atoms with Crippen LogP contribution in [0.3, 0.4) is 0 Å². The average Bonchev–Trinajstić information content (AvgIpc) is 2.07. The van der Waals surface area contributed by atoms with Gasteiger partial charge in [-0.25, -0.2) is 4.39 Å². The monoisotopic (exact) mass is 200 g/mol. The highest BCUT2D eigenvalue weighted by Crippen LogP contribution is 2.16. The highest BCUT2D eigenvalue weighted by Gasteiger charge is 1.98. The molecule has 70 valence electrons. The van der Waals surface area contributed by atoms with Gasteiger partial charge in [0, 0.05) is 0 Å². The van der Waals surface area contributed by atoms with Crippen LogP contribution in [-0.4, -0.2) is 11.2 Å². The molecule has 0 fully saturated rings. The van der Waals surface area contributed by atoms with Crippen molar-refractivity contribution in [3.63, 3.8) is 0 Å². The summed E-state index contributed by atoms with van der Waals surface area (Å²) in [5, 5.41) is 9.03. The normalized spacial score (nSPS) is 13.5. The molecule has 0 aliphatic heterocycles. The van der Waals surface area contributed by atoms with Crippen molar-refractivity contribution in [1.29, 1.82) is 0 Å². The average molecular weight is 201 g/mol. The number of benzene rings is 1. The smallest absolute Gasteiger partial charge is 0.141 e. The number of hydrogen-bond donors (Lipinski definition) is 1. The molecule has 0 saturated carbocycles. The Balaban J connectivity index is 2.85. The molecule has 3 heteroatoms. The van der Waals surface area contributed by atoms with Crippen LogP contribution in [0.1, 0.15) is 12.5 Å². The molecule has 0 bridgehead atoms. The maximum Gasteiger partial charge on any atom is 0.141 e. The second-order valence-electron chi connectivity index (χ2n) is 2.77. The summed E-state index contributed by atoms with van der Waals surface area (Å²) < 4.78 is 12.7. The molecular weight excluding hydrogens is 191 g/mol. The number of rotatable bonds is 2. The predicted molar refractivity (Wildman–Crippen MR) is 52.1 cm³/mol. The zero-order valence-electron chi connectivity index (χ0n) is 7.17. The van der Waals surface area contributed by atoms with Crippen LogP contribution in [0, 0.1) is 5.82 Å². The van der Waals surface area contributed by atoms with E-state index in [2.05, 4.69) is 0 Å². The lowest BCUT2D eigenvalue weighted by atomic mass is 10.2. The largest absolute Gasteiger partial charge is 0.389 e.